The van der Waals surface area contributed by atoms with E-state index in [0.29, 0.717) is 21.4 Å². The molecule has 1 heterocycles. The van der Waals surface area contributed by atoms with E-state index in [2.05, 4.69) is 21.2 Å². The predicted molar refractivity (Wildman–Crippen MR) is 75.0 cm³/mol. The average molecular weight is 350 g/mol. The van der Waals surface area contributed by atoms with Crippen molar-refractivity contribution in [1.29, 1.82) is 0 Å². The smallest absolute Gasteiger partial charge is 0.255 e. The van der Waals surface area contributed by atoms with Gasteiger partial charge in [0.05, 0.1) is 18.8 Å². The molecule has 0 radical (unpaired) electrons. The largest absolute Gasteiger partial charge is 0.395 e. The van der Waals surface area contributed by atoms with Crippen molar-refractivity contribution >= 4 is 33.2 Å². The summed E-state index contributed by atoms with van der Waals surface area (Å²) in [4.78, 5) is 12.9. The minimum atomic E-state index is -2.53. The molecule has 0 bridgehead atoms. The summed E-state index contributed by atoms with van der Waals surface area (Å²) in [6, 6.07) is 2.47. The van der Waals surface area contributed by atoms with Crippen molar-refractivity contribution in [1.82, 2.24) is 0 Å². The lowest BCUT2D eigenvalue weighted by Gasteiger charge is -2.25. The molecule has 0 aliphatic carbocycles. The van der Waals surface area contributed by atoms with Gasteiger partial charge in [0.25, 0.3) is 6.43 Å². The van der Waals surface area contributed by atoms with Crippen LogP contribution in [0.2, 0.25) is 0 Å². The van der Waals surface area contributed by atoms with Crippen LogP contribution in [0.15, 0.2) is 16.6 Å². The van der Waals surface area contributed by atoms with Gasteiger partial charge in [0.2, 0.25) is 5.91 Å². The van der Waals surface area contributed by atoms with E-state index < -0.39 is 19.0 Å². The molecule has 0 saturated carbocycles. The number of benzene rings is 1. The van der Waals surface area contributed by atoms with Gasteiger partial charge in [0.1, 0.15) is 6.04 Å². The van der Waals surface area contributed by atoms with Crippen LogP contribution in [0.1, 0.15) is 11.6 Å². The highest BCUT2D eigenvalue weighted by Crippen LogP contribution is 2.38. The maximum atomic E-state index is 12.6. The average Bonchev–Trinajstić information content (AvgIpc) is 2.64. The summed E-state index contributed by atoms with van der Waals surface area (Å²) in [7, 11) is 0. The van der Waals surface area contributed by atoms with Gasteiger partial charge in [-0.05, 0) is 28.1 Å². The number of halogens is 3. The van der Waals surface area contributed by atoms with Crippen LogP contribution in [0.5, 0.6) is 0 Å². The first-order valence-corrected chi connectivity index (χ1v) is 6.77. The summed E-state index contributed by atoms with van der Waals surface area (Å²) in [5.74, 6) is -0.327. The number of hydrogen-bond acceptors (Lipinski definition) is 4. The number of nitrogens with zero attached hydrogens (tertiary/aromatic N) is 1. The number of hydrogen-bond donors (Lipinski definition) is 3. The maximum absolute atomic E-state index is 12.6. The molecule has 20 heavy (non-hydrogen) atoms. The van der Waals surface area contributed by atoms with E-state index in [-0.39, 0.29) is 19.1 Å². The lowest BCUT2D eigenvalue weighted by Crippen LogP contribution is -2.31. The number of carbonyl (C=O) groups excluding carboxylic acids is 1. The lowest BCUT2D eigenvalue weighted by atomic mass is 10.1. The zero-order valence-corrected chi connectivity index (χ0v) is 12.0. The summed E-state index contributed by atoms with van der Waals surface area (Å²) in [5.41, 5.74) is 7.33. The molecular weight excluding hydrogens is 336 g/mol. The van der Waals surface area contributed by atoms with E-state index in [1.165, 1.54) is 4.90 Å². The Morgan fingerprint density at radius 3 is 2.80 bits per heavy atom. The van der Waals surface area contributed by atoms with Gasteiger partial charge in [-0.25, -0.2) is 8.78 Å². The van der Waals surface area contributed by atoms with Crippen LogP contribution >= 0.6 is 15.9 Å². The van der Waals surface area contributed by atoms with Crippen molar-refractivity contribution in [3.63, 3.8) is 0 Å². The number of rotatable bonds is 5. The van der Waals surface area contributed by atoms with Crippen molar-refractivity contribution in [3.8, 4) is 0 Å². The first-order chi connectivity index (χ1) is 9.43. The van der Waals surface area contributed by atoms with E-state index in [1.54, 1.807) is 12.1 Å². The molecule has 1 aliphatic rings. The monoisotopic (exact) mass is 349 g/mol. The van der Waals surface area contributed by atoms with Gasteiger partial charge in [0.15, 0.2) is 0 Å². The fourth-order valence-corrected chi connectivity index (χ4v) is 2.75. The maximum Gasteiger partial charge on any atom is 0.255 e. The summed E-state index contributed by atoms with van der Waals surface area (Å²) >= 11 is 3.30. The van der Waals surface area contributed by atoms with Crippen LogP contribution in [-0.4, -0.2) is 37.1 Å². The number of anilines is 2. The standard InChI is InChI=1S/C12H14BrF2N3O2/c13-7-3-6-8(17-12(20)11(6)16)4-9(7)18(1-2-19)5-10(14)15/h3-4,10-11,19H,1-2,5,16H2,(H,17,20). The van der Waals surface area contributed by atoms with Crippen molar-refractivity contribution in [2.24, 2.45) is 5.73 Å². The molecule has 1 unspecified atom stereocenters. The summed E-state index contributed by atoms with van der Waals surface area (Å²) in [6.07, 6.45) is -2.53. The quantitative estimate of drug-likeness (QED) is 0.752. The number of nitrogens with two attached hydrogens (primary N) is 1. The molecule has 1 aromatic carbocycles. The minimum Gasteiger partial charge on any atom is -0.395 e. The van der Waals surface area contributed by atoms with Gasteiger partial charge in [0, 0.05) is 22.3 Å². The predicted octanol–water partition coefficient (Wildman–Crippen LogP) is 1.46. The van der Waals surface area contributed by atoms with E-state index in [0.717, 1.165) is 0 Å². The Morgan fingerprint density at radius 1 is 1.50 bits per heavy atom. The zero-order valence-electron chi connectivity index (χ0n) is 10.4. The van der Waals surface area contributed by atoms with Crippen LogP contribution in [0.4, 0.5) is 20.2 Å². The number of nitrogens with one attached hydrogen (secondary N) is 1. The van der Waals surface area contributed by atoms with E-state index in [9.17, 15) is 13.6 Å². The second-order valence-corrected chi connectivity index (χ2v) is 5.27. The van der Waals surface area contributed by atoms with E-state index in [4.69, 9.17) is 10.8 Å². The molecule has 0 spiro atoms. The fourth-order valence-electron chi connectivity index (χ4n) is 2.13. The van der Waals surface area contributed by atoms with Crippen molar-refractivity contribution < 1.29 is 18.7 Å². The first kappa shape index (κ1) is 15.1. The van der Waals surface area contributed by atoms with Crippen LogP contribution in [0, 0.1) is 0 Å². The molecule has 1 aromatic rings. The number of fused-ring (bicyclic) bond motifs is 1. The highest BCUT2D eigenvalue weighted by atomic mass is 79.9. The molecular formula is C12H14BrF2N3O2. The molecule has 4 N–H and O–H groups in total. The van der Waals surface area contributed by atoms with E-state index in [1.807, 2.05) is 0 Å². The Morgan fingerprint density at radius 2 is 2.20 bits per heavy atom. The van der Waals surface area contributed by atoms with Gasteiger partial charge >= 0.3 is 0 Å². The molecule has 2 rings (SSSR count). The normalized spacial score (nSPS) is 17.3. The van der Waals surface area contributed by atoms with Gasteiger partial charge < -0.3 is 21.1 Å². The lowest BCUT2D eigenvalue weighted by molar-refractivity contribution is -0.116. The molecule has 0 aromatic heterocycles. The first-order valence-electron chi connectivity index (χ1n) is 5.98. The Kier molecular flexibility index (Phi) is 4.56. The number of aliphatic hydroxyl groups excluding tert-OH is 1. The Balaban J connectivity index is 2.37. The third-order valence-electron chi connectivity index (χ3n) is 3.06. The topological polar surface area (TPSA) is 78.6 Å². The second-order valence-electron chi connectivity index (χ2n) is 4.42. The van der Waals surface area contributed by atoms with Crippen LogP contribution in [0.3, 0.4) is 0 Å². The molecule has 110 valence electrons. The summed E-state index contributed by atoms with van der Waals surface area (Å²) < 4.78 is 25.7. The van der Waals surface area contributed by atoms with Crippen molar-refractivity contribution in [2.45, 2.75) is 12.5 Å². The molecule has 5 nitrogen and oxygen atoms in total. The summed E-state index contributed by atoms with van der Waals surface area (Å²) in [5, 5.41) is 11.6. The molecule has 1 amide bonds. The number of alkyl halides is 2. The fraction of sp³-hybridized carbons (Fsp3) is 0.417. The molecule has 0 saturated heterocycles. The van der Waals surface area contributed by atoms with Crippen molar-refractivity contribution in [3.05, 3.63) is 22.2 Å². The van der Waals surface area contributed by atoms with E-state index >= 15 is 0 Å². The molecule has 8 heteroatoms. The SMILES string of the molecule is NC1C(=O)Nc2cc(N(CCO)CC(F)F)c(Br)cc21. The third kappa shape index (κ3) is 2.92. The molecule has 1 aliphatic heterocycles. The minimum absolute atomic E-state index is 0.0712. The third-order valence-corrected chi connectivity index (χ3v) is 3.70. The van der Waals surface area contributed by atoms with Crippen LogP contribution in [0.25, 0.3) is 0 Å². The Hall–Kier alpha value is -1.25. The van der Waals surface area contributed by atoms with Gasteiger partial charge in [-0.15, -0.1) is 0 Å². The number of amides is 1. The van der Waals surface area contributed by atoms with Gasteiger partial charge in [-0.3, -0.25) is 4.79 Å². The van der Waals surface area contributed by atoms with Crippen LogP contribution in [-0.2, 0) is 4.79 Å². The summed E-state index contributed by atoms with van der Waals surface area (Å²) in [6.45, 7) is -0.679. The highest BCUT2D eigenvalue weighted by molar-refractivity contribution is 9.10. The zero-order chi connectivity index (χ0) is 14.9. The van der Waals surface area contributed by atoms with Gasteiger partial charge in [-0.1, -0.05) is 0 Å². The Labute approximate surface area is 122 Å². The van der Waals surface area contributed by atoms with Crippen molar-refractivity contribution in [2.75, 3.05) is 29.9 Å². The molecule has 0 fully saturated rings. The van der Waals surface area contributed by atoms with Gasteiger partial charge in [-0.2, -0.15) is 0 Å². The number of carbonyl (C=O) groups is 1. The number of aliphatic hydroxyl groups is 1. The second kappa shape index (κ2) is 6.02. The Bertz CT molecular complexity index is 528. The molecule has 1 atom stereocenters. The van der Waals surface area contributed by atoms with Crippen LogP contribution < -0.4 is 16.0 Å². The highest BCUT2D eigenvalue weighted by Gasteiger charge is 2.29.